The van der Waals surface area contributed by atoms with Gasteiger partial charge in [-0.05, 0) is 25.0 Å². The molecule has 3 heterocycles. The van der Waals surface area contributed by atoms with Gasteiger partial charge >= 0.3 is 5.69 Å². The molecular weight excluding hydrogens is 374 g/mol. The van der Waals surface area contributed by atoms with Crippen molar-refractivity contribution in [3.63, 3.8) is 0 Å². The summed E-state index contributed by atoms with van der Waals surface area (Å²) in [5.41, 5.74) is -0.197. The van der Waals surface area contributed by atoms with E-state index in [-0.39, 0.29) is 13.2 Å². The monoisotopic (exact) mass is 399 g/mol. The molecule has 0 amide bonds. The van der Waals surface area contributed by atoms with Crippen molar-refractivity contribution in [1.29, 1.82) is 0 Å². The molecule has 9 heteroatoms. The van der Waals surface area contributed by atoms with Crippen molar-refractivity contribution in [1.82, 2.24) is 18.7 Å². The highest BCUT2D eigenvalue weighted by Gasteiger charge is 2.25. The van der Waals surface area contributed by atoms with Crippen molar-refractivity contribution in [3.8, 4) is 5.75 Å². The van der Waals surface area contributed by atoms with E-state index in [4.69, 9.17) is 4.74 Å². The van der Waals surface area contributed by atoms with E-state index in [0.717, 1.165) is 30.5 Å². The summed E-state index contributed by atoms with van der Waals surface area (Å²) >= 11 is 0. The maximum atomic E-state index is 12.9. The molecular formula is C20H25N5O4. The Labute approximate surface area is 167 Å². The molecule has 2 aromatic heterocycles. The van der Waals surface area contributed by atoms with Crippen LogP contribution in [0.1, 0.15) is 12.8 Å². The number of rotatable bonds is 6. The van der Waals surface area contributed by atoms with Crippen LogP contribution >= 0.6 is 0 Å². The Morgan fingerprint density at radius 1 is 1.10 bits per heavy atom. The number of anilines is 1. The fourth-order valence-corrected chi connectivity index (χ4v) is 3.74. The van der Waals surface area contributed by atoms with Gasteiger partial charge in [-0.15, -0.1) is 0 Å². The predicted octanol–water partition coefficient (Wildman–Crippen LogP) is 0.474. The van der Waals surface area contributed by atoms with Crippen molar-refractivity contribution < 1.29 is 9.84 Å². The van der Waals surface area contributed by atoms with E-state index in [0.29, 0.717) is 22.9 Å². The van der Waals surface area contributed by atoms with E-state index < -0.39 is 17.4 Å². The maximum absolute atomic E-state index is 12.9. The molecule has 3 aromatic rings. The van der Waals surface area contributed by atoms with Gasteiger partial charge in [0, 0.05) is 27.2 Å². The molecule has 4 rings (SSSR count). The topological polar surface area (TPSA) is 94.5 Å². The van der Waals surface area contributed by atoms with Crippen LogP contribution in [-0.2, 0) is 20.6 Å². The zero-order valence-electron chi connectivity index (χ0n) is 16.6. The first-order chi connectivity index (χ1) is 14.0. The SMILES string of the molecule is Cn1c(=O)c2c(nc(N3CCCC3)n2CC(O)COc2ccccc2)n(C)c1=O. The van der Waals surface area contributed by atoms with Crippen LogP contribution in [0, 0.1) is 0 Å². The molecule has 1 fully saturated rings. The van der Waals surface area contributed by atoms with Crippen LogP contribution in [0.3, 0.4) is 0 Å². The maximum Gasteiger partial charge on any atom is 0.332 e. The van der Waals surface area contributed by atoms with Gasteiger partial charge in [0.25, 0.3) is 5.56 Å². The van der Waals surface area contributed by atoms with Crippen molar-refractivity contribution in [2.24, 2.45) is 14.1 Å². The molecule has 1 aromatic carbocycles. The predicted molar refractivity (Wildman–Crippen MR) is 110 cm³/mol. The third-order valence-electron chi connectivity index (χ3n) is 5.30. The van der Waals surface area contributed by atoms with Gasteiger partial charge in [0.1, 0.15) is 18.5 Å². The highest BCUT2D eigenvalue weighted by molar-refractivity contribution is 5.74. The normalized spacial score (nSPS) is 15.2. The molecule has 1 atom stereocenters. The zero-order chi connectivity index (χ0) is 20.5. The molecule has 0 aliphatic carbocycles. The number of nitrogens with zero attached hydrogens (tertiary/aromatic N) is 5. The van der Waals surface area contributed by atoms with Crippen molar-refractivity contribution in [2.45, 2.75) is 25.5 Å². The van der Waals surface area contributed by atoms with E-state index in [1.54, 1.807) is 11.6 Å². The quantitative estimate of drug-likeness (QED) is 0.648. The van der Waals surface area contributed by atoms with Crippen LogP contribution in [0.15, 0.2) is 39.9 Å². The molecule has 154 valence electrons. The molecule has 1 N–H and O–H groups in total. The summed E-state index contributed by atoms with van der Waals surface area (Å²) in [7, 11) is 3.05. The van der Waals surface area contributed by atoms with E-state index in [2.05, 4.69) is 9.88 Å². The van der Waals surface area contributed by atoms with Crippen LogP contribution in [0.4, 0.5) is 5.95 Å². The highest BCUT2D eigenvalue weighted by atomic mass is 16.5. The number of hydrogen-bond donors (Lipinski definition) is 1. The van der Waals surface area contributed by atoms with Crippen LogP contribution in [0.25, 0.3) is 11.2 Å². The summed E-state index contributed by atoms with van der Waals surface area (Å²) in [5, 5.41) is 10.6. The van der Waals surface area contributed by atoms with Gasteiger partial charge in [-0.25, -0.2) is 4.79 Å². The van der Waals surface area contributed by atoms with E-state index >= 15 is 0 Å². The Bertz CT molecular complexity index is 1130. The summed E-state index contributed by atoms with van der Waals surface area (Å²) in [6.07, 6.45) is 1.23. The molecule has 0 bridgehead atoms. The smallest absolute Gasteiger partial charge is 0.332 e. The number of aliphatic hydroxyl groups excluding tert-OH is 1. The fourth-order valence-electron chi connectivity index (χ4n) is 3.74. The molecule has 1 unspecified atom stereocenters. The van der Waals surface area contributed by atoms with Gasteiger partial charge in [0.2, 0.25) is 5.95 Å². The molecule has 29 heavy (non-hydrogen) atoms. The van der Waals surface area contributed by atoms with Crippen LogP contribution in [0.2, 0.25) is 0 Å². The molecule has 1 aliphatic rings. The van der Waals surface area contributed by atoms with Gasteiger partial charge in [-0.2, -0.15) is 4.98 Å². The Balaban J connectivity index is 1.72. The third kappa shape index (κ3) is 3.53. The van der Waals surface area contributed by atoms with Crippen LogP contribution in [0.5, 0.6) is 5.75 Å². The largest absolute Gasteiger partial charge is 0.491 e. The Hall–Kier alpha value is -3.07. The molecule has 1 saturated heterocycles. The molecule has 0 radical (unpaired) electrons. The molecule has 0 saturated carbocycles. The second-order valence-corrected chi connectivity index (χ2v) is 7.37. The number of aryl methyl sites for hydroxylation is 1. The van der Waals surface area contributed by atoms with Gasteiger partial charge in [0.15, 0.2) is 11.2 Å². The lowest BCUT2D eigenvalue weighted by molar-refractivity contribution is 0.0936. The minimum Gasteiger partial charge on any atom is -0.491 e. The first kappa shape index (κ1) is 19.3. The minimum atomic E-state index is -0.851. The fraction of sp³-hybridized carbons (Fsp3) is 0.450. The number of fused-ring (bicyclic) bond motifs is 1. The zero-order valence-corrected chi connectivity index (χ0v) is 16.6. The number of aliphatic hydroxyl groups is 1. The second kappa shape index (κ2) is 7.75. The van der Waals surface area contributed by atoms with Gasteiger partial charge in [-0.3, -0.25) is 13.9 Å². The highest BCUT2D eigenvalue weighted by Crippen LogP contribution is 2.24. The lowest BCUT2D eigenvalue weighted by Gasteiger charge is -2.20. The van der Waals surface area contributed by atoms with Crippen LogP contribution < -0.4 is 20.9 Å². The standard InChI is InChI=1S/C20H25N5O4/c1-22-17-16(18(27)23(2)20(22)28)25(19(21-17)24-10-6-7-11-24)12-14(26)13-29-15-8-4-3-5-9-15/h3-5,8-9,14,26H,6-7,10-13H2,1-2H3. The van der Waals surface area contributed by atoms with E-state index in [1.807, 2.05) is 30.3 Å². The lowest BCUT2D eigenvalue weighted by atomic mass is 10.3. The number of imidazole rings is 1. The van der Waals surface area contributed by atoms with Crippen molar-refractivity contribution in [2.75, 3.05) is 24.6 Å². The van der Waals surface area contributed by atoms with Crippen LogP contribution in [-0.4, -0.2) is 49.6 Å². The summed E-state index contributed by atoms with van der Waals surface area (Å²) in [5.74, 6) is 1.27. The Morgan fingerprint density at radius 3 is 2.48 bits per heavy atom. The average Bonchev–Trinajstić information content (AvgIpc) is 3.38. The Kier molecular flexibility index (Phi) is 5.14. The first-order valence-corrected chi connectivity index (χ1v) is 9.74. The number of benzene rings is 1. The summed E-state index contributed by atoms with van der Waals surface area (Å²) in [4.78, 5) is 31.9. The van der Waals surface area contributed by atoms with Crippen molar-refractivity contribution >= 4 is 17.1 Å². The van der Waals surface area contributed by atoms with Crippen molar-refractivity contribution in [3.05, 3.63) is 51.2 Å². The van der Waals surface area contributed by atoms with Gasteiger partial charge in [0.05, 0.1) is 6.54 Å². The second-order valence-electron chi connectivity index (χ2n) is 7.37. The summed E-state index contributed by atoms with van der Waals surface area (Å²) < 4.78 is 9.82. The Morgan fingerprint density at radius 2 is 1.79 bits per heavy atom. The minimum absolute atomic E-state index is 0.0786. The molecule has 1 aliphatic heterocycles. The number of hydrogen-bond acceptors (Lipinski definition) is 6. The third-order valence-corrected chi connectivity index (χ3v) is 5.30. The molecule has 0 spiro atoms. The van der Waals surface area contributed by atoms with E-state index in [1.165, 1.54) is 11.6 Å². The van der Waals surface area contributed by atoms with Gasteiger partial charge in [-0.1, -0.05) is 18.2 Å². The van der Waals surface area contributed by atoms with Gasteiger partial charge < -0.3 is 19.3 Å². The van der Waals surface area contributed by atoms with E-state index in [9.17, 15) is 14.7 Å². The first-order valence-electron chi connectivity index (χ1n) is 9.74. The average molecular weight is 399 g/mol. The number of aromatic nitrogens is 4. The lowest BCUT2D eigenvalue weighted by Crippen LogP contribution is -2.38. The summed E-state index contributed by atoms with van der Waals surface area (Å²) in [6.45, 7) is 1.88. The number of para-hydroxylation sites is 1. The summed E-state index contributed by atoms with van der Waals surface area (Å²) in [6, 6.07) is 9.26. The molecule has 9 nitrogen and oxygen atoms in total. The number of ether oxygens (including phenoxy) is 1.